The second kappa shape index (κ2) is 7.28. The summed E-state index contributed by atoms with van der Waals surface area (Å²) in [6, 6.07) is 4.03. The number of hydrogen-bond donors (Lipinski definition) is 4. The third-order valence-electron chi connectivity index (χ3n) is 2.60. The van der Waals surface area contributed by atoms with Crippen molar-refractivity contribution in [2.45, 2.75) is 26.8 Å². The molecule has 0 aliphatic heterocycles. The second-order valence-electron chi connectivity index (χ2n) is 4.83. The number of benzene rings is 1. The maximum absolute atomic E-state index is 11.7. The molecule has 114 valence electrons. The third kappa shape index (κ3) is 5.13. The number of amides is 3. The fourth-order valence-corrected chi connectivity index (χ4v) is 1.70. The first-order chi connectivity index (χ1) is 9.81. The monoisotopic (exact) mass is 293 g/mol. The number of anilines is 1. The van der Waals surface area contributed by atoms with Gasteiger partial charge in [0.2, 0.25) is 5.91 Å². The van der Waals surface area contributed by atoms with Crippen molar-refractivity contribution in [3.05, 3.63) is 29.3 Å². The number of urea groups is 1. The fraction of sp³-hybridized carbons (Fsp3) is 0.357. The highest BCUT2D eigenvalue weighted by Gasteiger charge is 2.14. The topological polar surface area (TPSA) is 108 Å². The summed E-state index contributed by atoms with van der Waals surface area (Å²) in [5.74, 6) is -1.45. The van der Waals surface area contributed by atoms with Gasteiger partial charge in [-0.1, -0.05) is 12.1 Å². The van der Waals surface area contributed by atoms with Crippen LogP contribution < -0.4 is 16.0 Å². The van der Waals surface area contributed by atoms with E-state index in [-0.39, 0.29) is 29.7 Å². The molecule has 3 amide bonds. The van der Waals surface area contributed by atoms with Crippen LogP contribution in [0.25, 0.3) is 0 Å². The molecule has 1 rings (SSSR count). The second-order valence-corrected chi connectivity index (χ2v) is 4.83. The van der Waals surface area contributed by atoms with Crippen molar-refractivity contribution in [2.75, 3.05) is 11.9 Å². The summed E-state index contributed by atoms with van der Waals surface area (Å²) in [6.45, 7) is 5.13. The average Bonchev–Trinajstić information content (AvgIpc) is 2.37. The quantitative estimate of drug-likeness (QED) is 0.657. The molecule has 0 bridgehead atoms. The first kappa shape index (κ1) is 16.5. The highest BCUT2D eigenvalue weighted by Crippen LogP contribution is 2.20. The van der Waals surface area contributed by atoms with E-state index in [0.29, 0.717) is 5.56 Å². The molecule has 0 heterocycles. The number of carbonyl (C=O) groups is 3. The molecule has 1 aromatic rings. The van der Waals surface area contributed by atoms with Crippen molar-refractivity contribution in [1.29, 1.82) is 0 Å². The molecule has 7 heteroatoms. The van der Waals surface area contributed by atoms with Gasteiger partial charge in [0.05, 0.1) is 17.8 Å². The molecule has 0 spiro atoms. The molecule has 21 heavy (non-hydrogen) atoms. The Morgan fingerprint density at radius 1 is 1.24 bits per heavy atom. The smallest absolute Gasteiger partial charge is 0.337 e. The van der Waals surface area contributed by atoms with Gasteiger partial charge >= 0.3 is 12.0 Å². The molecule has 0 saturated carbocycles. The lowest BCUT2D eigenvalue weighted by Crippen LogP contribution is -2.41. The summed E-state index contributed by atoms with van der Waals surface area (Å²) < 4.78 is 0. The van der Waals surface area contributed by atoms with Crippen LogP contribution in [0.2, 0.25) is 0 Å². The SMILES string of the molecule is Cc1cccc(C(=O)O)c1NC(=O)NCC(=O)NC(C)C. The van der Waals surface area contributed by atoms with E-state index in [1.165, 1.54) is 6.07 Å². The van der Waals surface area contributed by atoms with Gasteiger partial charge in [-0.2, -0.15) is 0 Å². The van der Waals surface area contributed by atoms with E-state index in [0.717, 1.165) is 0 Å². The van der Waals surface area contributed by atoms with E-state index in [4.69, 9.17) is 5.11 Å². The molecule has 0 saturated heterocycles. The lowest BCUT2D eigenvalue weighted by molar-refractivity contribution is -0.120. The van der Waals surface area contributed by atoms with Crippen LogP contribution in [0, 0.1) is 6.92 Å². The number of para-hydroxylation sites is 1. The highest BCUT2D eigenvalue weighted by molar-refractivity contribution is 6.01. The summed E-state index contributed by atoms with van der Waals surface area (Å²) in [7, 11) is 0. The standard InChI is InChI=1S/C14H19N3O4/c1-8(2)16-11(18)7-15-14(21)17-12-9(3)5-4-6-10(12)13(19)20/h4-6,8H,7H2,1-3H3,(H,16,18)(H,19,20)(H2,15,17,21). The van der Waals surface area contributed by atoms with Crippen LogP contribution in [0.15, 0.2) is 18.2 Å². The van der Waals surface area contributed by atoms with Crippen molar-refractivity contribution in [3.63, 3.8) is 0 Å². The Morgan fingerprint density at radius 2 is 1.90 bits per heavy atom. The van der Waals surface area contributed by atoms with Crippen LogP contribution in [0.1, 0.15) is 29.8 Å². The van der Waals surface area contributed by atoms with Crippen molar-refractivity contribution >= 4 is 23.6 Å². The van der Waals surface area contributed by atoms with Crippen LogP contribution in [0.5, 0.6) is 0 Å². The van der Waals surface area contributed by atoms with Gasteiger partial charge in [-0.05, 0) is 32.4 Å². The van der Waals surface area contributed by atoms with Crippen molar-refractivity contribution in [2.24, 2.45) is 0 Å². The number of nitrogens with one attached hydrogen (secondary N) is 3. The van der Waals surface area contributed by atoms with E-state index in [1.807, 2.05) is 13.8 Å². The number of aromatic carboxylic acids is 1. The first-order valence-electron chi connectivity index (χ1n) is 6.48. The van der Waals surface area contributed by atoms with Gasteiger partial charge in [-0.25, -0.2) is 9.59 Å². The lowest BCUT2D eigenvalue weighted by atomic mass is 10.1. The van der Waals surface area contributed by atoms with E-state index >= 15 is 0 Å². The maximum Gasteiger partial charge on any atom is 0.337 e. The minimum Gasteiger partial charge on any atom is -0.478 e. The minimum atomic E-state index is -1.13. The van der Waals surface area contributed by atoms with Crippen LogP contribution >= 0.6 is 0 Å². The molecule has 4 N–H and O–H groups in total. The van der Waals surface area contributed by atoms with Gasteiger partial charge in [0.1, 0.15) is 0 Å². The number of carbonyl (C=O) groups excluding carboxylic acids is 2. The summed E-state index contributed by atoms with van der Waals surface area (Å²) in [5, 5.41) is 16.5. The Hall–Kier alpha value is -2.57. The Labute approximate surface area is 122 Å². The van der Waals surface area contributed by atoms with Gasteiger partial charge in [0.15, 0.2) is 0 Å². The Morgan fingerprint density at radius 3 is 2.48 bits per heavy atom. The molecule has 0 aromatic heterocycles. The fourth-order valence-electron chi connectivity index (χ4n) is 1.70. The predicted molar refractivity (Wildman–Crippen MR) is 78.4 cm³/mol. The van der Waals surface area contributed by atoms with Gasteiger partial charge in [-0.3, -0.25) is 4.79 Å². The number of rotatable bonds is 5. The molecule has 1 aromatic carbocycles. The van der Waals surface area contributed by atoms with E-state index in [9.17, 15) is 14.4 Å². The van der Waals surface area contributed by atoms with Crippen molar-refractivity contribution in [3.8, 4) is 0 Å². The Kier molecular flexibility index (Phi) is 5.71. The molecule has 0 atom stereocenters. The van der Waals surface area contributed by atoms with Crippen LogP contribution in [0.3, 0.4) is 0 Å². The zero-order valence-electron chi connectivity index (χ0n) is 12.2. The summed E-state index contributed by atoms with van der Waals surface area (Å²) in [6.07, 6.45) is 0. The van der Waals surface area contributed by atoms with Crippen LogP contribution in [-0.4, -0.2) is 35.6 Å². The molecular formula is C14H19N3O4. The molecule has 0 aliphatic rings. The summed E-state index contributed by atoms with van der Waals surface area (Å²) in [4.78, 5) is 34.2. The third-order valence-corrected chi connectivity index (χ3v) is 2.60. The molecule has 7 nitrogen and oxygen atoms in total. The zero-order chi connectivity index (χ0) is 16.0. The first-order valence-corrected chi connectivity index (χ1v) is 6.48. The lowest BCUT2D eigenvalue weighted by Gasteiger charge is -2.13. The van der Waals surface area contributed by atoms with Crippen molar-refractivity contribution in [1.82, 2.24) is 10.6 Å². The molecule has 0 fully saturated rings. The molecular weight excluding hydrogens is 274 g/mol. The highest BCUT2D eigenvalue weighted by atomic mass is 16.4. The normalized spacial score (nSPS) is 10.1. The van der Waals surface area contributed by atoms with E-state index < -0.39 is 12.0 Å². The summed E-state index contributed by atoms with van der Waals surface area (Å²) >= 11 is 0. The average molecular weight is 293 g/mol. The van der Waals surface area contributed by atoms with Crippen molar-refractivity contribution < 1.29 is 19.5 Å². The van der Waals surface area contributed by atoms with Gasteiger partial charge < -0.3 is 21.1 Å². The summed E-state index contributed by atoms with van der Waals surface area (Å²) in [5.41, 5.74) is 0.834. The molecule has 0 aliphatic carbocycles. The minimum absolute atomic E-state index is 0.00298. The maximum atomic E-state index is 11.7. The number of hydrogen-bond acceptors (Lipinski definition) is 3. The van der Waals surface area contributed by atoms with E-state index in [1.54, 1.807) is 19.1 Å². The largest absolute Gasteiger partial charge is 0.478 e. The van der Waals surface area contributed by atoms with Gasteiger partial charge in [0.25, 0.3) is 0 Å². The van der Waals surface area contributed by atoms with E-state index in [2.05, 4.69) is 16.0 Å². The number of carboxylic acids is 1. The number of aryl methyl sites for hydroxylation is 1. The Balaban J connectivity index is 2.67. The molecule has 0 unspecified atom stereocenters. The molecule has 0 radical (unpaired) electrons. The van der Waals surface area contributed by atoms with Gasteiger partial charge in [0, 0.05) is 6.04 Å². The van der Waals surface area contributed by atoms with Crippen LogP contribution in [0.4, 0.5) is 10.5 Å². The Bertz CT molecular complexity index is 555. The predicted octanol–water partition coefficient (Wildman–Crippen LogP) is 1.34. The van der Waals surface area contributed by atoms with Gasteiger partial charge in [-0.15, -0.1) is 0 Å². The van der Waals surface area contributed by atoms with Crippen LogP contribution in [-0.2, 0) is 4.79 Å². The zero-order valence-corrected chi connectivity index (χ0v) is 12.2. The number of carboxylic acid groups (broad SMARTS) is 1.